The van der Waals surface area contributed by atoms with Crippen LogP contribution in [0.4, 0.5) is 5.69 Å². The minimum absolute atomic E-state index is 0.241. The molecule has 3 aromatic rings. The summed E-state index contributed by atoms with van der Waals surface area (Å²) < 4.78 is 52.4. The molecule has 0 atom stereocenters. The fraction of sp³-hybridized carbons (Fsp3) is 0.0870. The first-order valence-corrected chi connectivity index (χ1v) is 12.5. The van der Waals surface area contributed by atoms with E-state index >= 15 is 0 Å². The first kappa shape index (κ1) is 21.9. The summed E-state index contributed by atoms with van der Waals surface area (Å²) >= 11 is 0. The van der Waals surface area contributed by atoms with Crippen LogP contribution in [0.25, 0.3) is 15.8 Å². The van der Waals surface area contributed by atoms with Gasteiger partial charge < -0.3 is 8.86 Å². The average Bonchev–Trinajstić information content (AvgIpc) is 3.18. The number of ether oxygens (including phenoxy) is 1. The molecule has 7 nitrogen and oxygen atoms in total. The third-order valence-electron chi connectivity index (χ3n) is 4.97. The van der Waals surface area contributed by atoms with Crippen molar-refractivity contribution in [2.24, 2.45) is 0 Å². The Kier molecular flexibility index (Phi) is 5.72. The number of nitrogens with zero attached hydrogens (tertiary/aromatic N) is 1. The lowest BCUT2D eigenvalue weighted by Crippen LogP contribution is -2.62. The van der Waals surface area contributed by atoms with Crippen LogP contribution in [0.1, 0.15) is 18.1 Å². The van der Waals surface area contributed by atoms with Gasteiger partial charge >= 0.3 is 0 Å². The van der Waals surface area contributed by atoms with E-state index in [1.807, 2.05) is 12.1 Å². The summed E-state index contributed by atoms with van der Waals surface area (Å²) in [7, 11) is -6.27. The van der Waals surface area contributed by atoms with Crippen LogP contribution >= 0.6 is 0 Å². The molecule has 1 N–H and O–H groups in total. The number of benzene rings is 3. The zero-order valence-electron chi connectivity index (χ0n) is 17.3. The predicted octanol–water partition coefficient (Wildman–Crippen LogP) is 2.87. The number of fused-ring (bicyclic) bond motifs is 2. The fourth-order valence-corrected chi connectivity index (χ4v) is 6.89. The van der Waals surface area contributed by atoms with Crippen LogP contribution in [0.5, 0.6) is 5.75 Å². The number of nitrogens with one attached hydrogen (secondary N) is 1. The number of methoxy groups -OCH3 is 1. The quantitative estimate of drug-likeness (QED) is 0.623. The normalized spacial score (nSPS) is 18.2. The third-order valence-corrected chi connectivity index (χ3v) is 8.49. The van der Waals surface area contributed by atoms with E-state index in [0.717, 1.165) is 5.75 Å². The highest BCUT2D eigenvalue weighted by Gasteiger charge is 2.26. The summed E-state index contributed by atoms with van der Waals surface area (Å²) in [5.41, 5.74) is 6.06. The number of para-hydroxylation sites is 1. The molecule has 164 valence electrons. The maximum Gasteiger partial charge on any atom is 0.211 e. The molecule has 2 aliphatic heterocycles. The van der Waals surface area contributed by atoms with E-state index in [4.69, 9.17) is 4.74 Å². The molecular weight excluding hydrogens is 448 g/mol. The molecule has 0 bridgehead atoms. The second kappa shape index (κ2) is 8.34. The van der Waals surface area contributed by atoms with Crippen molar-refractivity contribution < 1.29 is 26.6 Å². The maximum atomic E-state index is 11.1. The van der Waals surface area contributed by atoms with Gasteiger partial charge in [0.2, 0.25) is 5.69 Å². The second-order valence-corrected chi connectivity index (χ2v) is 10.5. The van der Waals surface area contributed by atoms with Gasteiger partial charge in [-0.05, 0) is 42.0 Å². The Bertz CT molecular complexity index is 1410. The largest absolute Gasteiger partial charge is 0.497 e. The summed E-state index contributed by atoms with van der Waals surface area (Å²) in [6, 6.07) is 21.8. The predicted molar refractivity (Wildman–Crippen MR) is 123 cm³/mol. The lowest BCUT2D eigenvalue weighted by Gasteiger charge is -2.05. The zero-order valence-corrected chi connectivity index (χ0v) is 18.9. The van der Waals surface area contributed by atoms with Crippen LogP contribution in [-0.4, -0.2) is 29.7 Å². The van der Waals surface area contributed by atoms with Crippen molar-refractivity contribution in [3.63, 3.8) is 0 Å². The van der Waals surface area contributed by atoms with E-state index in [0.29, 0.717) is 0 Å². The van der Waals surface area contributed by atoms with Crippen molar-refractivity contribution in [2.75, 3.05) is 7.11 Å². The minimum atomic E-state index is -3.98. The molecule has 0 radical (unpaired) electrons. The molecule has 2 heterocycles. The minimum Gasteiger partial charge on any atom is -0.497 e. The van der Waals surface area contributed by atoms with Gasteiger partial charge in [0.25, 0.3) is 0 Å². The molecule has 0 unspecified atom stereocenters. The van der Waals surface area contributed by atoms with Gasteiger partial charge in [-0.15, -0.1) is 0 Å². The highest BCUT2D eigenvalue weighted by molar-refractivity contribution is 8.14. The van der Waals surface area contributed by atoms with E-state index in [1.165, 1.54) is 52.4 Å². The molecule has 3 aromatic carbocycles. The fourth-order valence-electron chi connectivity index (χ4n) is 3.44. The number of rotatable bonds is 2. The van der Waals surface area contributed by atoms with Gasteiger partial charge in [0.1, 0.15) is 25.8 Å². The van der Waals surface area contributed by atoms with E-state index in [2.05, 4.69) is 58.5 Å². The van der Waals surface area contributed by atoms with Crippen molar-refractivity contribution in [1.82, 2.24) is 0 Å². The lowest BCUT2D eigenvalue weighted by atomic mass is 10.0. The summed E-state index contributed by atoms with van der Waals surface area (Å²) in [5.74, 6) is 0.882. The van der Waals surface area contributed by atoms with Crippen molar-refractivity contribution >= 4 is 43.1 Å². The molecular formula is C23H20N2O5S2. The van der Waals surface area contributed by atoms with Crippen molar-refractivity contribution in [1.29, 1.82) is 0 Å². The molecule has 0 amide bonds. The van der Waals surface area contributed by atoms with E-state index in [1.54, 1.807) is 7.11 Å². The van der Waals surface area contributed by atoms with Gasteiger partial charge in [0, 0.05) is 13.0 Å². The molecule has 0 saturated heterocycles. The lowest BCUT2D eigenvalue weighted by molar-refractivity contribution is -0.349. The van der Waals surface area contributed by atoms with Gasteiger partial charge in [0.15, 0.2) is 5.71 Å². The first-order chi connectivity index (χ1) is 15.2. The Labute approximate surface area is 187 Å². The van der Waals surface area contributed by atoms with Gasteiger partial charge in [-0.3, -0.25) is 0 Å². The smallest absolute Gasteiger partial charge is 0.211 e. The number of allylic oxidation sites excluding steroid dienone is 1. The molecule has 9 heteroatoms. The third kappa shape index (κ3) is 4.22. The zero-order chi connectivity index (χ0) is 22.9. The van der Waals surface area contributed by atoms with Crippen LogP contribution in [0.3, 0.4) is 0 Å². The highest BCUT2D eigenvalue weighted by Crippen LogP contribution is 2.37. The van der Waals surface area contributed by atoms with Crippen molar-refractivity contribution in [2.45, 2.75) is 16.7 Å². The molecule has 5 rings (SSSR count). The highest BCUT2D eigenvalue weighted by atomic mass is 32.3. The molecule has 2 aliphatic rings. The SMILES string of the molecule is COc1ccc(/C=C2\C(C)=[NH+]c3ccccc32)cc1.O=S1(=O)[N-]S(=O)(=O)c2ccccc21. The van der Waals surface area contributed by atoms with Crippen LogP contribution in [0.15, 0.2) is 82.6 Å². The van der Waals surface area contributed by atoms with Crippen LogP contribution in [0, 0.1) is 0 Å². The Morgan fingerprint density at radius 3 is 1.97 bits per heavy atom. The summed E-state index contributed by atoms with van der Waals surface area (Å²) in [4.78, 5) is 2.93. The molecule has 0 aliphatic carbocycles. The Balaban J connectivity index is 0.000000165. The van der Waals surface area contributed by atoms with Crippen LogP contribution < -0.4 is 9.73 Å². The molecule has 0 spiro atoms. The average molecular weight is 469 g/mol. The van der Waals surface area contributed by atoms with E-state index < -0.39 is 20.0 Å². The molecule has 0 fully saturated rings. The van der Waals surface area contributed by atoms with Gasteiger partial charge in [0.05, 0.1) is 28.0 Å². The number of sulfonamides is 2. The summed E-state index contributed by atoms with van der Waals surface area (Å²) in [5, 5.41) is 0. The number of hydrogen-bond donors (Lipinski definition) is 1. The maximum absolute atomic E-state index is 11.1. The number of hydrogen-bond acceptors (Lipinski definition) is 5. The Morgan fingerprint density at radius 2 is 1.38 bits per heavy atom. The first-order valence-electron chi connectivity index (χ1n) is 9.61. The topological polar surface area (TPSA) is 106 Å². The standard InChI is InChI=1S/C17H15NO.C6H4NO4S2/c1-12-16(15-5-3-4-6-17(15)18-12)11-13-7-9-14(19-2)10-8-13;8-12(9)5-3-1-2-4-6(5)13(10,11)7-12/h3-11H,1-2H3;1-4H/q;-1/p+1/b16-11+;. The van der Waals surface area contributed by atoms with Gasteiger partial charge in [-0.25, -0.2) is 21.8 Å². The molecule has 0 aromatic heterocycles. The molecule has 32 heavy (non-hydrogen) atoms. The van der Waals surface area contributed by atoms with Gasteiger partial charge in [-0.1, -0.05) is 36.4 Å². The molecule has 0 saturated carbocycles. The summed E-state index contributed by atoms with van der Waals surface area (Å²) in [6.07, 6.45) is 2.20. The Morgan fingerprint density at radius 1 is 0.812 bits per heavy atom. The van der Waals surface area contributed by atoms with E-state index in [-0.39, 0.29) is 9.79 Å². The van der Waals surface area contributed by atoms with Crippen molar-refractivity contribution in [3.05, 3.63) is 88.1 Å². The van der Waals surface area contributed by atoms with Crippen LogP contribution in [-0.2, 0) is 20.0 Å². The van der Waals surface area contributed by atoms with Gasteiger partial charge in [-0.2, -0.15) is 0 Å². The second-order valence-electron chi connectivity index (χ2n) is 7.10. The van der Waals surface area contributed by atoms with E-state index in [9.17, 15) is 16.8 Å². The monoisotopic (exact) mass is 468 g/mol. The van der Waals surface area contributed by atoms with Crippen LogP contribution in [0.2, 0.25) is 0 Å². The Hall–Kier alpha value is -3.27. The summed E-state index contributed by atoms with van der Waals surface area (Å²) in [6.45, 7) is 2.11. The van der Waals surface area contributed by atoms with Crippen molar-refractivity contribution in [3.8, 4) is 5.75 Å².